The summed E-state index contributed by atoms with van der Waals surface area (Å²) < 4.78 is 0. The number of likely N-dealkylation sites (N-methyl/N-ethyl adjacent to an activating group) is 1. The summed E-state index contributed by atoms with van der Waals surface area (Å²) in [7, 11) is 4.08. The fraction of sp³-hybridized carbons (Fsp3) is 0.667. The van der Waals surface area contributed by atoms with Gasteiger partial charge in [0.25, 0.3) is 0 Å². The lowest BCUT2D eigenvalue weighted by molar-refractivity contribution is 0.167. The van der Waals surface area contributed by atoms with Crippen LogP contribution < -0.4 is 5.32 Å². The number of amides is 2. The van der Waals surface area contributed by atoms with Crippen LogP contribution in [0.25, 0.3) is 0 Å². The minimum Gasteiger partial charge on any atom is -0.336 e. The van der Waals surface area contributed by atoms with Gasteiger partial charge in [-0.05, 0) is 52.2 Å². The molecule has 1 saturated heterocycles. The molecule has 20 heavy (non-hydrogen) atoms. The van der Waals surface area contributed by atoms with Crippen LogP contribution in [0, 0.1) is 0 Å². The zero-order valence-electron chi connectivity index (χ0n) is 12.8. The van der Waals surface area contributed by atoms with Gasteiger partial charge in [-0.25, -0.2) is 4.79 Å². The lowest BCUT2D eigenvalue weighted by atomic mass is 10.0. The van der Waals surface area contributed by atoms with Gasteiger partial charge in [0.1, 0.15) is 0 Å². The topological polar surface area (TPSA) is 35.6 Å². The molecule has 2 amide bonds. The molecule has 2 rings (SSSR count). The van der Waals surface area contributed by atoms with Crippen LogP contribution in [-0.2, 0) is 0 Å². The number of carbonyl (C=O) groups excluding carboxylic acids is 1. The molecule has 1 atom stereocenters. The second-order valence-electron chi connectivity index (χ2n) is 6.23. The van der Waals surface area contributed by atoms with Crippen molar-refractivity contribution in [2.45, 2.75) is 38.3 Å². The van der Waals surface area contributed by atoms with Crippen molar-refractivity contribution in [3.05, 3.63) is 22.4 Å². The molecule has 1 aromatic rings. The normalized spacial score (nSPS) is 19.6. The predicted molar refractivity (Wildman–Crippen MR) is 84.2 cm³/mol. The summed E-state index contributed by atoms with van der Waals surface area (Å²) in [6, 6.07) is 4.52. The highest BCUT2D eigenvalue weighted by molar-refractivity contribution is 7.10. The Kier molecular flexibility index (Phi) is 4.70. The molecule has 1 fully saturated rings. The van der Waals surface area contributed by atoms with E-state index in [4.69, 9.17) is 0 Å². The van der Waals surface area contributed by atoms with E-state index < -0.39 is 0 Å². The van der Waals surface area contributed by atoms with Crippen LogP contribution >= 0.6 is 11.3 Å². The SMILES string of the molecule is CN(C)C(C)(C)CNC(=O)N1CCC[C@@H]1c1cccs1. The van der Waals surface area contributed by atoms with Crippen molar-refractivity contribution in [2.24, 2.45) is 0 Å². The summed E-state index contributed by atoms with van der Waals surface area (Å²) in [5.74, 6) is 0. The number of carbonyl (C=O) groups is 1. The lowest BCUT2D eigenvalue weighted by Gasteiger charge is -2.34. The van der Waals surface area contributed by atoms with E-state index in [0.717, 1.165) is 19.4 Å². The Morgan fingerprint density at radius 3 is 2.90 bits per heavy atom. The Hall–Kier alpha value is -1.07. The molecule has 112 valence electrons. The molecular weight excluding hydrogens is 270 g/mol. The number of hydrogen-bond donors (Lipinski definition) is 1. The van der Waals surface area contributed by atoms with Gasteiger partial charge in [-0.15, -0.1) is 11.3 Å². The summed E-state index contributed by atoms with van der Waals surface area (Å²) in [4.78, 5) is 17.8. The van der Waals surface area contributed by atoms with Crippen LogP contribution in [0.1, 0.15) is 37.6 Å². The van der Waals surface area contributed by atoms with Crippen LogP contribution in [0.15, 0.2) is 17.5 Å². The molecule has 4 nitrogen and oxygen atoms in total. The van der Waals surface area contributed by atoms with Gasteiger partial charge >= 0.3 is 6.03 Å². The van der Waals surface area contributed by atoms with E-state index in [-0.39, 0.29) is 17.6 Å². The van der Waals surface area contributed by atoms with E-state index >= 15 is 0 Å². The molecule has 2 heterocycles. The van der Waals surface area contributed by atoms with E-state index in [1.54, 1.807) is 11.3 Å². The third-order valence-corrected chi connectivity index (χ3v) is 5.24. The number of nitrogens with zero attached hydrogens (tertiary/aromatic N) is 2. The van der Waals surface area contributed by atoms with Crippen LogP contribution in [0.4, 0.5) is 4.79 Å². The third kappa shape index (κ3) is 3.33. The molecule has 0 spiro atoms. The molecule has 0 unspecified atom stereocenters. The van der Waals surface area contributed by atoms with Gasteiger partial charge in [0.15, 0.2) is 0 Å². The maximum atomic E-state index is 12.4. The standard InChI is InChI=1S/C15H25N3OS/c1-15(2,17(3)4)11-16-14(19)18-9-5-7-12(18)13-8-6-10-20-13/h6,8,10,12H,5,7,9,11H2,1-4H3,(H,16,19)/t12-/m1/s1. The quantitative estimate of drug-likeness (QED) is 0.927. The van der Waals surface area contributed by atoms with Crippen LogP contribution in [0.5, 0.6) is 0 Å². The monoisotopic (exact) mass is 295 g/mol. The minimum atomic E-state index is -0.0339. The van der Waals surface area contributed by atoms with Crippen molar-refractivity contribution in [2.75, 3.05) is 27.2 Å². The minimum absolute atomic E-state index is 0.0339. The number of nitrogens with one attached hydrogen (secondary N) is 1. The van der Waals surface area contributed by atoms with Gasteiger partial charge in [0, 0.05) is 23.5 Å². The Balaban J connectivity index is 1.95. The first kappa shape index (κ1) is 15.3. The largest absolute Gasteiger partial charge is 0.336 e. The molecule has 1 aliphatic heterocycles. The number of likely N-dealkylation sites (tertiary alicyclic amines) is 1. The van der Waals surface area contributed by atoms with Crippen LogP contribution in [0.2, 0.25) is 0 Å². The number of thiophene rings is 1. The van der Waals surface area contributed by atoms with Crippen molar-refractivity contribution in [1.29, 1.82) is 0 Å². The molecule has 0 saturated carbocycles. The maximum Gasteiger partial charge on any atom is 0.318 e. The average molecular weight is 295 g/mol. The highest BCUT2D eigenvalue weighted by Crippen LogP contribution is 2.34. The maximum absolute atomic E-state index is 12.4. The van der Waals surface area contributed by atoms with Gasteiger partial charge in [0.2, 0.25) is 0 Å². The highest BCUT2D eigenvalue weighted by Gasteiger charge is 2.31. The Labute approximate surface area is 125 Å². The fourth-order valence-electron chi connectivity index (χ4n) is 2.34. The van der Waals surface area contributed by atoms with Gasteiger partial charge in [-0.3, -0.25) is 0 Å². The van der Waals surface area contributed by atoms with Gasteiger partial charge in [-0.2, -0.15) is 0 Å². The van der Waals surface area contributed by atoms with Crippen LogP contribution in [0.3, 0.4) is 0 Å². The zero-order valence-corrected chi connectivity index (χ0v) is 13.7. The molecule has 0 aliphatic carbocycles. The molecule has 1 aromatic heterocycles. The average Bonchev–Trinajstić information content (AvgIpc) is 3.05. The van der Waals surface area contributed by atoms with Gasteiger partial charge < -0.3 is 15.1 Å². The molecule has 0 radical (unpaired) electrons. The van der Waals surface area contributed by atoms with E-state index in [1.165, 1.54) is 4.88 Å². The van der Waals surface area contributed by atoms with E-state index in [9.17, 15) is 4.79 Å². The Morgan fingerprint density at radius 1 is 1.55 bits per heavy atom. The summed E-state index contributed by atoms with van der Waals surface area (Å²) in [6.45, 7) is 5.78. The fourth-order valence-corrected chi connectivity index (χ4v) is 3.21. The first-order chi connectivity index (χ1) is 9.42. The Bertz CT molecular complexity index is 442. The summed E-state index contributed by atoms with van der Waals surface area (Å²) in [5.41, 5.74) is -0.0339. The molecular formula is C15H25N3OS. The first-order valence-corrected chi connectivity index (χ1v) is 8.05. The Morgan fingerprint density at radius 2 is 2.30 bits per heavy atom. The molecule has 0 bridgehead atoms. The van der Waals surface area contributed by atoms with E-state index in [2.05, 4.69) is 41.6 Å². The van der Waals surface area contributed by atoms with Crippen molar-refractivity contribution in [3.8, 4) is 0 Å². The molecule has 1 aliphatic rings. The van der Waals surface area contributed by atoms with Crippen molar-refractivity contribution >= 4 is 17.4 Å². The van der Waals surface area contributed by atoms with E-state index in [1.807, 2.05) is 19.0 Å². The molecule has 1 N–H and O–H groups in total. The number of rotatable bonds is 4. The second-order valence-corrected chi connectivity index (χ2v) is 7.21. The number of urea groups is 1. The second kappa shape index (κ2) is 6.14. The highest BCUT2D eigenvalue weighted by atomic mass is 32.1. The lowest BCUT2D eigenvalue weighted by Crippen LogP contribution is -2.51. The number of hydrogen-bond acceptors (Lipinski definition) is 3. The molecule has 0 aromatic carbocycles. The van der Waals surface area contributed by atoms with Crippen molar-refractivity contribution in [3.63, 3.8) is 0 Å². The summed E-state index contributed by atoms with van der Waals surface area (Å²) >= 11 is 1.74. The molecule has 5 heteroatoms. The first-order valence-electron chi connectivity index (χ1n) is 7.17. The summed E-state index contributed by atoms with van der Waals surface area (Å²) in [5, 5.41) is 5.17. The predicted octanol–water partition coefficient (Wildman–Crippen LogP) is 2.93. The van der Waals surface area contributed by atoms with Gasteiger partial charge in [-0.1, -0.05) is 6.07 Å². The van der Waals surface area contributed by atoms with E-state index in [0.29, 0.717) is 6.54 Å². The van der Waals surface area contributed by atoms with Crippen molar-refractivity contribution in [1.82, 2.24) is 15.1 Å². The van der Waals surface area contributed by atoms with Crippen molar-refractivity contribution < 1.29 is 4.79 Å². The van der Waals surface area contributed by atoms with Crippen LogP contribution in [-0.4, -0.2) is 48.6 Å². The summed E-state index contributed by atoms with van der Waals surface area (Å²) in [6.07, 6.45) is 2.16. The van der Waals surface area contributed by atoms with Gasteiger partial charge in [0.05, 0.1) is 6.04 Å². The third-order valence-electron chi connectivity index (χ3n) is 4.27. The smallest absolute Gasteiger partial charge is 0.318 e. The zero-order chi connectivity index (χ0) is 14.8.